The maximum atomic E-state index is 11.6. The van der Waals surface area contributed by atoms with E-state index in [1.165, 1.54) is 6.92 Å². The molecule has 0 atom stereocenters. The van der Waals surface area contributed by atoms with Crippen LogP contribution >= 0.6 is 0 Å². The van der Waals surface area contributed by atoms with Crippen molar-refractivity contribution in [1.29, 1.82) is 0 Å². The lowest BCUT2D eigenvalue weighted by Crippen LogP contribution is -2.11. The summed E-state index contributed by atoms with van der Waals surface area (Å²) in [5.74, 6) is -0.546. The van der Waals surface area contributed by atoms with Crippen molar-refractivity contribution in [2.24, 2.45) is 0 Å². The largest absolute Gasteiger partial charge is 0.463 e. The highest BCUT2D eigenvalue weighted by atomic mass is 16.5. The average Bonchev–Trinajstić information content (AvgIpc) is 2.45. The Morgan fingerprint density at radius 2 is 2.00 bits per heavy atom. The van der Waals surface area contributed by atoms with Gasteiger partial charge in [0.2, 0.25) is 0 Å². The minimum atomic E-state index is -0.515. The van der Waals surface area contributed by atoms with Gasteiger partial charge >= 0.3 is 11.9 Å². The fourth-order valence-electron chi connectivity index (χ4n) is 1.60. The van der Waals surface area contributed by atoms with Crippen LogP contribution in [0, 0.1) is 6.92 Å². The SMILES string of the molecule is C=CC(=O)OCCCC(=O)Oc1ccc(C(C)=O)cc1C. The molecular formula is C16H18O5. The molecule has 0 aliphatic heterocycles. The number of hydrogen-bond acceptors (Lipinski definition) is 5. The van der Waals surface area contributed by atoms with Crippen molar-refractivity contribution in [2.45, 2.75) is 26.7 Å². The molecule has 0 bridgehead atoms. The lowest BCUT2D eigenvalue weighted by atomic mass is 10.1. The maximum Gasteiger partial charge on any atom is 0.330 e. The van der Waals surface area contributed by atoms with Crippen LogP contribution < -0.4 is 4.74 Å². The topological polar surface area (TPSA) is 69.7 Å². The van der Waals surface area contributed by atoms with Crippen LogP contribution in [0.2, 0.25) is 0 Å². The van der Waals surface area contributed by atoms with Crippen LogP contribution in [0.3, 0.4) is 0 Å². The van der Waals surface area contributed by atoms with Crippen molar-refractivity contribution in [3.8, 4) is 5.75 Å². The second-order valence-electron chi connectivity index (χ2n) is 4.49. The van der Waals surface area contributed by atoms with Crippen LogP contribution in [0.25, 0.3) is 0 Å². The summed E-state index contributed by atoms with van der Waals surface area (Å²) in [6, 6.07) is 4.89. The van der Waals surface area contributed by atoms with Gasteiger partial charge in [-0.25, -0.2) is 4.79 Å². The Bertz CT molecular complexity index is 560. The number of Topliss-reactive ketones (excluding diaryl/α,β-unsaturated/α-hetero) is 1. The Hall–Kier alpha value is -2.43. The van der Waals surface area contributed by atoms with Gasteiger partial charge in [0.25, 0.3) is 0 Å². The Balaban J connectivity index is 2.46. The van der Waals surface area contributed by atoms with Gasteiger partial charge in [-0.1, -0.05) is 6.58 Å². The lowest BCUT2D eigenvalue weighted by Gasteiger charge is -2.08. The molecule has 0 fully saturated rings. The first-order chi connectivity index (χ1) is 9.93. The van der Waals surface area contributed by atoms with Crippen LogP contribution in [0.15, 0.2) is 30.9 Å². The molecule has 0 aliphatic carbocycles. The molecule has 112 valence electrons. The summed E-state index contributed by atoms with van der Waals surface area (Å²) in [5.41, 5.74) is 1.29. The molecule has 0 amide bonds. The Kier molecular flexibility index (Phi) is 6.33. The van der Waals surface area contributed by atoms with E-state index in [2.05, 4.69) is 6.58 Å². The highest BCUT2D eigenvalue weighted by Gasteiger charge is 2.09. The minimum absolute atomic E-state index is 0.0417. The predicted molar refractivity (Wildman–Crippen MR) is 77.2 cm³/mol. The number of esters is 2. The molecule has 0 aromatic heterocycles. The Morgan fingerprint density at radius 1 is 1.29 bits per heavy atom. The Morgan fingerprint density at radius 3 is 2.57 bits per heavy atom. The Labute approximate surface area is 123 Å². The molecule has 0 radical (unpaired) electrons. The number of ether oxygens (including phenoxy) is 2. The van der Waals surface area contributed by atoms with Gasteiger partial charge in [-0.15, -0.1) is 0 Å². The summed E-state index contributed by atoms with van der Waals surface area (Å²) in [7, 11) is 0. The van der Waals surface area contributed by atoms with E-state index in [-0.39, 0.29) is 18.8 Å². The number of hydrogen-bond donors (Lipinski definition) is 0. The molecule has 0 aliphatic rings. The molecule has 1 aromatic carbocycles. The molecule has 0 saturated heterocycles. The van der Waals surface area contributed by atoms with Crippen molar-refractivity contribution >= 4 is 17.7 Å². The van der Waals surface area contributed by atoms with Gasteiger partial charge in [-0.05, 0) is 44.0 Å². The quantitative estimate of drug-likeness (QED) is 0.254. The van der Waals surface area contributed by atoms with Gasteiger partial charge in [-0.3, -0.25) is 9.59 Å². The van der Waals surface area contributed by atoms with E-state index in [9.17, 15) is 14.4 Å². The summed E-state index contributed by atoms with van der Waals surface area (Å²) in [4.78, 5) is 33.7. The number of ketones is 1. The summed E-state index contributed by atoms with van der Waals surface area (Å²) in [6.07, 6.45) is 1.58. The molecule has 0 saturated carbocycles. The zero-order chi connectivity index (χ0) is 15.8. The first kappa shape index (κ1) is 16.6. The van der Waals surface area contributed by atoms with Gasteiger partial charge in [-0.2, -0.15) is 0 Å². The summed E-state index contributed by atoms with van der Waals surface area (Å²) in [6.45, 7) is 6.65. The van der Waals surface area contributed by atoms with E-state index in [0.29, 0.717) is 23.3 Å². The number of carbonyl (C=O) groups excluding carboxylic acids is 3. The van der Waals surface area contributed by atoms with E-state index in [1.807, 2.05) is 0 Å². The van der Waals surface area contributed by atoms with Gasteiger partial charge in [0, 0.05) is 18.1 Å². The summed E-state index contributed by atoms with van der Waals surface area (Å²) in [5, 5.41) is 0. The number of aryl methyl sites for hydroxylation is 1. The van der Waals surface area contributed by atoms with Gasteiger partial charge in [0.1, 0.15) is 5.75 Å². The van der Waals surface area contributed by atoms with Crippen molar-refractivity contribution in [3.05, 3.63) is 42.0 Å². The summed E-state index contributed by atoms with van der Waals surface area (Å²) >= 11 is 0. The van der Waals surface area contributed by atoms with E-state index in [1.54, 1.807) is 25.1 Å². The molecule has 0 unspecified atom stereocenters. The van der Waals surface area contributed by atoms with E-state index in [4.69, 9.17) is 9.47 Å². The highest BCUT2D eigenvalue weighted by Crippen LogP contribution is 2.20. The van der Waals surface area contributed by atoms with Gasteiger partial charge in [0.05, 0.1) is 6.61 Å². The smallest absolute Gasteiger partial charge is 0.330 e. The number of benzene rings is 1. The first-order valence-electron chi connectivity index (χ1n) is 6.55. The van der Waals surface area contributed by atoms with Crippen LogP contribution in [-0.2, 0) is 14.3 Å². The van der Waals surface area contributed by atoms with Crippen molar-refractivity contribution < 1.29 is 23.9 Å². The van der Waals surface area contributed by atoms with Crippen molar-refractivity contribution in [2.75, 3.05) is 6.61 Å². The number of rotatable bonds is 7. The van der Waals surface area contributed by atoms with Crippen LogP contribution in [0.1, 0.15) is 35.7 Å². The van der Waals surface area contributed by atoms with Gasteiger partial charge in [0.15, 0.2) is 5.78 Å². The first-order valence-corrected chi connectivity index (χ1v) is 6.55. The van der Waals surface area contributed by atoms with Crippen LogP contribution in [0.4, 0.5) is 0 Å². The summed E-state index contributed by atoms with van der Waals surface area (Å²) < 4.78 is 9.96. The molecule has 21 heavy (non-hydrogen) atoms. The van der Waals surface area contributed by atoms with Crippen molar-refractivity contribution in [3.63, 3.8) is 0 Å². The van der Waals surface area contributed by atoms with Crippen molar-refractivity contribution in [1.82, 2.24) is 0 Å². The highest BCUT2D eigenvalue weighted by molar-refractivity contribution is 5.94. The molecule has 1 rings (SSSR count). The minimum Gasteiger partial charge on any atom is -0.463 e. The lowest BCUT2D eigenvalue weighted by molar-refractivity contribution is -0.140. The average molecular weight is 290 g/mol. The fraction of sp³-hybridized carbons (Fsp3) is 0.312. The molecule has 5 heteroatoms. The van der Waals surface area contributed by atoms with Crippen LogP contribution in [-0.4, -0.2) is 24.3 Å². The zero-order valence-corrected chi connectivity index (χ0v) is 12.2. The second kappa shape index (κ2) is 7.99. The number of carbonyl (C=O) groups is 3. The standard InChI is InChI=1S/C16H18O5/c1-4-15(18)20-9-5-6-16(19)21-14-8-7-13(12(3)17)10-11(14)2/h4,7-8,10H,1,5-6,9H2,2-3H3. The third-order valence-electron chi connectivity index (χ3n) is 2.74. The molecule has 0 heterocycles. The second-order valence-corrected chi connectivity index (χ2v) is 4.49. The normalized spacial score (nSPS) is 9.81. The van der Waals surface area contributed by atoms with Gasteiger partial charge < -0.3 is 9.47 Å². The molecular weight excluding hydrogens is 272 g/mol. The predicted octanol–water partition coefficient (Wildman–Crippen LogP) is 2.61. The van der Waals surface area contributed by atoms with E-state index >= 15 is 0 Å². The fourth-order valence-corrected chi connectivity index (χ4v) is 1.60. The zero-order valence-electron chi connectivity index (χ0n) is 12.2. The third kappa shape index (κ3) is 5.60. The maximum absolute atomic E-state index is 11.6. The third-order valence-corrected chi connectivity index (χ3v) is 2.74. The molecule has 0 N–H and O–H groups in total. The van der Waals surface area contributed by atoms with Crippen LogP contribution in [0.5, 0.6) is 5.75 Å². The molecule has 1 aromatic rings. The van der Waals surface area contributed by atoms with E-state index < -0.39 is 11.9 Å². The molecule has 5 nitrogen and oxygen atoms in total. The van der Waals surface area contributed by atoms with E-state index in [0.717, 1.165) is 6.08 Å². The monoisotopic (exact) mass is 290 g/mol. The molecule has 0 spiro atoms.